The molecule has 4 nitrogen and oxygen atoms in total. The van der Waals surface area contributed by atoms with Gasteiger partial charge in [-0.3, -0.25) is 0 Å². The zero-order valence-corrected chi connectivity index (χ0v) is 9.07. The second-order valence-corrected chi connectivity index (χ2v) is 3.73. The van der Waals surface area contributed by atoms with Crippen LogP contribution in [0.1, 0.15) is 13.8 Å². The molecule has 0 amide bonds. The van der Waals surface area contributed by atoms with Gasteiger partial charge in [0, 0.05) is 11.6 Å². The highest BCUT2D eigenvalue weighted by molar-refractivity contribution is 5.55. The number of nitrogens with zero attached hydrogens (tertiary/aromatic N) is 2. The van der Waals surface area contributed by atoms with E-state index in [0.717, 1.165) is 0 Å². The van der Waals surface area contributed by atoms with E-state index in [1.54, 1.807) is 12.1 Å². The van der Waals surface area contributed by atoms with Gasteiger partial charge in [0.15, 0.2) is 0 Å². The predicted molar refractivity (Wildman–Crippen MR) is 58.5 cm³/mol. The maximum Gasteiger partial charge on any atom is 0.321 e. The van der Waals surface area contributed by atoms with Crippen LogP contribution in [0.3, 0.4) is 0 Å². The molecule has 1 aromatic carbocycles. The summed E-state index contributed by atoms with van der Waals surface area (Å²) < 4.78 is 17.9. The van der Waals surface area contributed by atoms with Gasteiger partial charge in [-0.25, -0.2) is 4.39 Å². The molecule has 2 aromatic rings. The molecule has 1 heterocycles. The summed E-state index contributed by atoms with van der Waals surface area (Å²) in [5.74, 6) is 0.0586. The SMILES string of the molecule is CC(C)Nc1nc(-c2cccc(F)c2)no1. The highest BCUT2D eigenvalue weighted by Gasteiger charge is 2.09. The Labute approximate surface area is 92.5 Å². The highest BCUT2D eigenvalue weighted by atomic mass is 19.1. The average molecular weight is 221 g/mol. The number of nitrogens with one attached hydrogen (secondary N) is 1. The molecule has 0 saturated heterocycles. The molecule has 16 heavy (non-hydrogen) atoms. The summed E-state index contributed by atoms with van der Waals surface area (Å²) in [5, 5.41) is 6.74. The van der Waals surface area contributed by atoms with Crippen LogP contribution in [0, 0.1) is 5.82 Å². The van der Waals surface area contributed by atoms with Crippen molar-refractivity contribution in [2.75, 3.05) is 5.32 Å². The molecule has 0 radical (unpaired) electrons. The standard InChI is InChI=1S/C11H12FN3O/c1-7(2)13-11-14-10(15-16-11)8-4-3-5-9(12)6-8/h3-7H,1-2H3,(H,13,14,15). The van der Waals surface area contributed by atoms with Gasteiger partial charge in [-0.15, -0.1) is 0 Å². The fourth-order valence-electron chi connectivity index (χ4n) is 1.27. The van der Waals surface area contributed by atoms with Crippen molar-refractivity contribution >= 4 is 6.01 Å². The third kappa shape index (κ3) is 2.36. The number of hydrogen-bond donors (Lipinski definition) is 1. The van der Waals surface area contributed by atoms with E-state index in [0.29, 0.717) is 17.4 Å². The van der Waals surface area contributed by atoms with Crippen LogP contribution in [0.15, 0.2) is 28.8 Å². The van der Waals surface area contributed by atoms with Crippen LogP contribution in [-0.4, -0.2) is 16.2 Å². The van der Waals surface area contributed by atoms with Crippen LogP contribution in [0.5, 0.6) is 0 Å². The van der Waals surface area contributed by atoms with E-state index in [2.05, 4.69) is 15.5 Å². The Bertz CT molecular complexity index is 482. The van der Waals surface area contributed by atoms with E-state index >= 15 is 0 Å². The molecule has 1 aromatic heterocycles. The first-order chi connectivity index (χ1) is 7.65. The van der Waals surface area contributed by atoms with Crippen molar-refractivity contribution in [3.05, 3.63) is 30.1 Å². The van der Waals surface area contributed by atoms with Gasteiger partial charge in [-0.1, -0.05) is 17.3 Å². The minimum absolute atomic E-state index is 0.209. The Morgan fingerprint density at radius 2 is 2.19 bits per heavy atom. The molecule has 0 aliphatic heterocycles. The molecule has 1 N–H and O–H groups in total. The van der Waals surface area contributed by atoms with Gasteiger partial charge < -0.3 is 9.84 Å². The molecular weight excluding hydrogens is 209 g/mol. The zero-order valence-electron chi connectivity index (χ0n) is 9.07. The summed E-state index contributed by atoms with van der Waals surface area (Å²) in [6, 6.07) is 6.62. The molecule has 84 valence electrons. The lowest BCUT2D eigenvalue weighted by Crippen LogP contribution is -2.09. The van der Waals surface area contributed by atoms with Gasteiger partial charge in [-0.05, 0) is 26.0 Å². The molecule has 5 heteroatoms. The van der Waals surface area contributed by atoms with E-state index in [1.165, 1.54) is 12.1 Å². The van der Waals surface area contributed by atoms with E-state index in [4.69, 9.17) is 4.52 Å². The smallest absolute Gasteiger partial charge is 0.321 e. The van der Waals surface area contributed by atoms with Gasteiger partial charge in [0.05, 0.1) is 0 Å². The van der Waals surface area contributed by atoms with Crippen molar-refractivity contribution in [1.82, 2.24) is 10.1 Å². The summed E-state index contributed by atoms with van der Waals surface area (Å²) >= 11 is 0. The first-order valence-corrected chi connectivity index (χ1v) is 5.01. The molecule has 0 atom stereocenters. The van der Waals surface area contributed by atoms with Gasteiger partial charge in [0.2, 0.25) is 5.82 Å². The van der Waals surface area contributed by atoms with Crippen LogP contribution in [0.4, 0.5) is 10.4 Å². The van der Waals surface area contributed by atoms with Gasteiger partial charge >= 0.3 is 6.01 Å². The van der Waals surface area contributed by atoms with Crippen molar-refractivity contribution in [2.45, 2.75) is 19.9 Å². The number of hydrogen-bond acceptors (Lipinski definition) is 4. The number of halogens is 1. The van der Waals surface area contributed by atoms with E-state index in [1.807, 2.05) is 13.8 Å². The summed E-state index contributed by atoms with van der Waals surface area (Å²) in [5.41, 5.74) is 0.598. The van der Waals surface area contributed by atoms with Crippen LogP contribution < -0.4 is 5.32 Å². The van der Waals surface area contributed by atoms with Gasteiger partial charge in [0.25, 0.3) is 0 Å². The fraction of sp³-hybridized carbons (Fsp3) is 0.273. The molecule has 0 unspecified atom stereocenters. The maximum atomic E-state index is 13.0. The van der Waals surface area contributed by atoms with Crippen molar-refractivity contribution < 1.29 is 8.91 Å². The van der Waals surface area contributed by atoms with E-state index < -0.39 is 0 Å². The van der Waals surface area contributed by atoms with Crippen molar-refractivity contribution in [3.8, 4) is 11.4 Å². The van der Waals surface area contributed by atoms with Crippen molar-refractivity contribution in [3.63, 3.8) is 0 Å². The minimum atomic E-state index is -0.319. The lowest BCUT2D eigenvalue weighted by Gasteiger charge is -2.01. The van der Waals surface area contributed by atoms with Crippen molar-refractivity contribution in [2.24, 2.45) is 0 Å². The number of rotatable bonds is 3. The Morgan fingerprint density at radius 3 is 2.88 bits per heavy atom. The molecule has 0 bridgehead atoms. The summed E-state index contributed by atoms with van der Waals surface area (Å²) in [7, 11) is 0. The van der Waals surface area contributed by atoms with Gasteiger partial charge in [0.1, 0.15) is 5.82 Å². The molecule has 0 aliphatic carbocycles. The number of benzene rings is 1. The highest BCUT2D eigenvalue weighted by Crippen LogP contribution is 2.18. The lowest BCUT2D eigenvalue weighted by molar-refractivity contribution is 0.429. The van der Waals surface area contributed by atoms with Crippen LogP contribution in [0.25, 0.3) is 11.4 Å². The number of aromatic nitrogens is 2. The quantitative estimate of drug-likeness (QED) is 0.865. The largest absolute Gasteiger partial charge is 0.336 e. The second kappa shape index (κ2) is 4.30. The predicted octanol–water partition coefficient (Wildman–Crippen LogP) is 2.70. The van der Waals surface area contributed by atoms with Crippen molar-refractivity contribution in [1.29, 1.82) is 0 Å². The Morgan fingerprint density at radius 1 is 1.38 bits per heavy atom. The normalized spacial score (nSPS) is 10.8. The van der Waals surface area contributed by atoms with E-state index in [9.17, 15) is 4.39 Å². The molecular formula is C11H12FN3O. The number of anilines is 1. The van der Waals surface area contributed by atoms with Crippen LogP contribution >= 0.6 is 0 Å². The molecule has 0 aliphatic rings. The van der Waals surface area contributed by atoms with Crippen LogP contribution in [-0.2, 0) is 0 Å². The first kappa shape index (κ1) is 10.6. The summed E-state index contributed by atoms with van der Waals surface area (Å²) in [6.07, 6.45) is 0. The second-order valence-electron chi connectivity index (χ2n) is 3.73. The first-order valence-electron chi connectivity index (χ1n) is 5.01. The third-order valence-corrected chi connectivity index (χ3v) is 1.92. The van der Waals surface area contributed by atoms with Crippen LogP contribution in [0.2, 0.25) is 0 Å². The maximum absolute atomic E-state index is 13.0. The molecule has 2 rings (SSSR count). The minimum Gasteiger partial charge on any atom is -0.336 e. The molecule has 0 spiro atoms. The topological polar surface area (TPSA) is 51.0 Å². The summed E-state index contributed by atoms with van der Waals surface area (Å²) in [4.78, 5) is 4.11. The third-order valence-electron chi connectivity index (χ3n) is 1.92. The summed E-state index contributed by atoms with van der Waals surface area (Å²) in [6.45, 7) is 3.93. The Balaban J connectivity index is 2.24. The Kier molecular flexibility index (Phi) is 2.85. The van der Waals surface area contributed by atoms with Gasteiger partial charge in [-0.2, -0.15) is 4.98 Å². The molecule has 0 saturated carbocycles. The monoisotopic (exact) mass is 221 g/mol. The zero-order chi connectivity index (χ0) is 11.5. The lowest BCUT2D eigenvalue weighted by atomic mass is 10.2. The average Bonchev–Trinajstić information content (AvgIpc) is 2.65. The van der Waals surface area contributed by atoms with E-state index in [-0.39, 0.29) is 11.9 Å². The fourth-order valence-corrected chi connectivity index (χ4v) is 1.27. The molecule has 0 fully saturated rings. The Hall–Kier alpha value is -1.91.